The number of rotatable bonds is 15. The van der Waals surface area contributed by atoms with Crippen LogP contribution in [0.4, 0.5) is 0 Å². The molecule has 138 heavy (non-hydrogen) atoms. The first-order chi connectivity index (χ1) is 65.7. The predicted octanol–water partition coefficient (Wildman–Crippen LogP) is 17.1. The quantitative estimate of drug-likeness (QED) is 0.0679. The van der Waals surface area contributed by atoms with E-state index >= 15 is 0 Å². The maximum absolute atomic E-state index is 14.2. The molecule has 0 spiro atoms. The lowest BCUT2D eigenvalue weighted by molar-refractivity contribution is -0.139. The monoisotopic (exact) mass is 1880 g/mol. The third-order valence-corrected chi connectivity index (χ3v) is 32.0. The van der Waals surface area contributed by atoms with Crippen molar-refractivity contribution in [3.05, 3.63) is 125 Å². The number of amides is 3. The van der Waals surface area contributed by atoms with Crippen LogP contribution >= 0.6 is 0 Å². The Bertz CT molecular complexity index is 6420. The fraction of sp³-hybridized carbons (Fsp3) is 0.565. The number of esters is 1. The zero-order valence-electron chi connectivity index (χ0n) is 82.8. The van der Waals surface area contributed by atoms with Crippen molar-refractivity contribution in [1.82, 2.24) is 73.9 Å². The minimum absolute atomic E-state index is 0.0338. The average Bonchev–Trinajstić information content (AvgIpc) is 1.54. The Hall–Kier alpha value is -12.1. The lowest BCUT2D eigenvalue weighted by Crippen LogP contribution is -2.44. The molecule has 6 fully saturated rings. The van der Waals surface area contributed by atoms with Crippen LogP contribution in [-0.4, -0.2) is 199 Å². The number of aromatic nitrogens is 12. The molecule has 3 saturated heterocycles. The summed E-state index contributed by atoms with van der Waals surface area (Å²) in [6, 6.07) is 10.2. The van der Waals surface area contributed by atoms with Crippen molar-refractivity contribution in [3.63, 3.8) is 0 Å². The summed E-state index contributed by atoms with van der Waals surface area (Å²) in [6.07, 6.45) is 32.1. The first kappa shape index (κ1) is 98.9. The number of methoxy groups -OCH3 is 1. The van der Waals surface area contributed by atoms with Crippen LogP contribution in [0.2, 0.25) is 0 Å². The van der Waals surface area contributed by atoms with Gasteiger partial charge >= 0.3 is 5.97 Å². The number of ketones is 10. The van der Waals surface area contributed by atoms with Gasteiger partial charge in [-0.25, -0.2) is 34.7 Å². The zero-order valence-corrected chi connectivity index (χ0v) is 82.8. The lowest BCUT2D eigenvalue weighted by Gasteiger charge is -2.27. The van der Waals surface area contributed by atoms with Crippen molar-refractivity contribution in [1.29, 1.82) is 0 Å². The number of aryl methyl sites for hydroxylation is 4. The molecule has 728 valence electrons. The molecule has 3 amide bonds. The molecule has 9 aliphatic rings. The van der Waals surface area contributed by atoms with E-state index in [2.05, 4.69) is 49.8 Å². The molecular formula is C108H131N15O15. The Morgan fingerprint density at radius 2 is 0.638 bits per heavy atom. The van der Waals surface area contributed by atoms with E-state index in [-0.39, 0.29) is 153 Å². The van der Waals surface area contributed by atoms with Crippen LogP contribution in [-0.2, 0) is 93.2 Å². The number of benzene rings is 3. The molecule has 0 unspecified atom stereocenters. The van der Waals surface area contributed by atoms with Crippen LogP contribution in [0.1, 0.15) is 346 Å². The summed E-state index contributed by atoms with van der Waals surface area (Å²) in [4.78, 5) is 216. The maximum Gasteiger partial charge on any atom is 0.376 e. The van der Waals surface area contributed by atoms with E-state index in [1.807, 2.05) is 98.1 Å². The largest absolute Gasteiger partial charge is 0.463 e. The molecular weight excluding hydrogens is 1750 g/mol. The van der Waals surface area contributed by atoms with Gasteiger partial charge in [-0.15, -0.1) is 0 Å². The van der Waals surface area contributed by atoms with E-state index < -0.39 is 40.3 Å². The first-order valence-corrected chi connectivity index (χ1v) is 50.0. The highest BCUT2D eigenvalue weighted by Crippen LogP contribution is 2.65. The molecule has 9 aromatic rings. The highest BCUT2D eigenvalue weighted by molar-refractivity contribution is 6.10. The minimum atomic E-state index is -0.637. The van der Waals surface area contributed by atoms with Gasteiger partial charge in [-0.05, 0) is 202 Å². The topological polar surface area (TPSA) is 389 Å². The SMILES string of the molecule is CCC(=O)[C@@H]1C[C@]23CCC(=O)C(C)(C)CCCCCc4cc(-c5cnc(C(=O)OC)nc5)cc5c(C(C)=O)nn(c45)CC(=O)N1[C@@H]2C3.CCC(=O)[C@@H]1C[C@]23CCC(=O)C(C)(C)CCCCCc4cc(-c5cnc(C(C)=O)nc5)cc5c(C(C)=O)nn(c45)CC(=O)N1[C@@H]2C3.CCC(=O)[C@@H]1C[C@]23CCC(=O)C(C)(C)CCCCCc4cc(-c5cnc(CC)nc5)cc5c(C(C)=O)nn(c45)CC(=O)N1[C@@H]2C3. The van der Waals surface area contributed by atoms with Gasteiger partial charge in [0.2, 0.25) is 23.5 Å². The fourth-order valence-electron chi connectivity index (χ4n) is 23.3. The Balaban J connectivity index is 0.000000150. The summed E-state index contributed by atoms with van der Waals surface area (Å²) >= 11 is 0. The van der Waals surface area contributed by atoms with Crippen LogP contribution in [0.15, 0.2) is 73.6 Å². The fourth-order valence-corrected chi connectivity index (χ4v) is 23.3. The smallest absolute Gasteiger partial charge is 0.376 e. The lowest BCUT2D eigenvalue weighted by atomic mass is 9.79. The summed E-state index contributed by atoms with van der Waals surface area (Å²) in [5.74, 6) is -0.239. The van der Waals surface area contributed by atoms with Gasteiger partial charge in [0.15, 0.2) is 46.3 Å². The van der Waals surface area contributed by atoms with E-state index in [0.717, 1.165) is 176 Å². The van der Waals surface area contributed by atoms with E-state index in [0.29, 0.717) is 117 Å². The number of Topliss-reactive ketones (excluding diaryl/α,β-unsaturated/α-hetero) is 10. The molecule has 3 aromatic carbocycles. The van der Waals surface area contributed by atoms with Crippen LogP contribution in [0.25, 0.3) is 66.1 Å². The third kappa shape index (κ3) is 19.6. The molecule has 0 N–H and O–H groups in total. The van der Waals surface area contributed by atoms with Gasteiger partial charge in [-0.1, -0.05) is 108 Å². The molecule has 6 aromatic heterocycles. The Labute approximate surface area is 805 Å². The van der Waals surface area contributed by atoms with Gasteiger partial charge in [0.05, 0.1) is 41.8 Å². The number of hydrogen-bond acceptors (Lipinski definition) is 24. The number of piperidine rings is 3. The standard InChI is InChI=1S/C36H43N5O6.C36H43N5O5.C36H45N5O4/c1-6-27(43)26-16-36-13-11-29(44)35(3,4)12-9-7-8-10-22-14-23(24-18-37-33(38-19-24)34(46)47-5)15-25-31(21(2)42)39-40(32(22)25)20-30(45)41(26)28(36)17-36;1-6-28(44)27-16-36-13-11-30(45)35(4,5)12-9-7-8-10-23-14-24(25-18-37-34(22(3)43)38-19-25)15-26-32(21(2)42)39-40(33(23)26)20-31(46)41(27)29(36)17-36;1-6-28(43)27-17-36-14-12-30(44)35(4,5)13-10-8-9-11-23-15-24(25-19-37-31(7-2)38-20-25)16-26-33(22(3)42)39-40(34(23)26)21-32(45)41(27)29(36)18-36/h14-15,18-19,26,28H,6-13,16-17,20H2,1-5H3;14-15,18-19,27,29H,6-13,16-17,20H2,1-5H3;15-16,19-20,27,29H,6-14,17-18,21H2,1-5H3/t26-,28+,36-;2*27-,29+,36-/m000/s1. The molecule has 0 radical (unpaired) electrons. The molecule has 9 atom stereocenters. The van der Waals surface area contributed by atoms with Crippen molar-refractivity contribution in [2.45, 2.75) is 352 Å². The van der Waals surface area contributed by atoms with E-state index in [4.69, 9.17) is 20.0 Å². The summed E-state index contributed by atoms with van der Waals surface area (Å²) in [5, 5.41) is 16.2. The Morgan fingerprint density at radius 3 is 0.906 bits per heavy atom. The second kappa shape index (κ2) is 39.3. The molecule has 6 bridgehead atoms. The highest BCUT2D eigenvalue weighted by Gasteiger charge is 2.69. The van der Waals surface area contributed by atoms with Gasteiger partial charge in [0, 0.05) is 177 Å². The normalized spacial score (nSPS) is 24.8. The van der Waals surface area contributed by atoms with Crippen LogP contribution in [0, 0.1) is 32.5 Å². The van der Waals surface area contributed by atoms with Crippen LogP contribution < -0.4 is 0 Å². The van der Waals surface area contributed by atoms with Crippen LogP contribution in [0.3, 0.4) is 0 Å². The molecule has 3 saturated carbocycles. The summed E-state index contributed by atoms with van der Waals surface area (Å²) in [6.45, 7) is 25.4. The molecule has 30 nitrogen and oxygen atoms in total. The number of carbonyl (C=O) groups excluding carboxylic acids is 14. The maximum atomic E-state index is 14.2. The molecule has 18 rings (SSSR count). The van der Waals surface area contributed by atoms with Gasteiger partial charge in [0.25, 0.3) is 0 Å². The van der Waals surface area contributed by atoms with Crippen molar-refractivity contribution < 1.29 is 71.9 Å². The number of carbonyl (C=O) groups is 14. The van der Waals surface area contributed by atoms with Gasteiger partial charge in [-0.3, -0.25) is 76.4 Å². The second-order valence-corrected chi connectivity index (χ2v) is 42.5. The van der Waals surface area contributed by atoms with Crippen LogP contribution in [0.5, 0.6) is 0 Å². The Kier molecular flexibility index (Phi) is 28.2. The predicted molar refractivity (Wildman–Crippen MR) is 518 cm³/mol. The van der Waals surface area contributed by atoms with E-state index in [1.165, 1.54) is 34.8 Å². The number of ether oxygens (including phenoxy) is 1. The average molecular weight is 1880 g/mol. The molecule has 12 heterocycles. The number of nitrogens with zero attached hydrogens (tertiary/aromatic N) is 15. The summed E-state index contributed by atoms with van der Waals surface area (Å²) in [7, 11) is 1.27. The third-order valence-electron chi connectivity index (χ3n) is 32.0. The summed E-state index contributed by atoms with van der Waals surface area (Å²) in [5.41, 5.74) is 8.83. The van der Waals surface area contributed by atoms with Crippen molar-refractivity contribution >= 4 is 114 Å². The molecule has 3 aliphatic carbocycles. The van der Waals surface area contributed by atoms with Crippen molar-refractivity contribution in [2.75, 3.05) is 7.11 Å². The second-order valence-electron chi connectivity index (χ2n) is 42.5. The van der Waals surface area contributed by atoms with Gasteiger partial charge < -0.3 is 19.4 Å². The van der Waals surface area contributed by atoms with E-state index in [1.54, 1.807) is 53.5 Å². The minimum Gasteiger partial charge on any atom is -0.463 e. The number of hydrogen-bond donors (Lipinski definition) is 0. The van der Waals surface area contributed by atoms with Gasteiger partial charge in [-0.2, -0.15) is 15.3 Å². The highest BCUT2D eigenvalue weighted by atomic mass is 16.5. The van der Waals surface area contributed by atoms with Crippen molar-refractivity contribution in [2.24, 2.45) is 32.5 Å². The zero-order chi connectivity index (χ0) is 98.7. The van der Waals surface area contributed by atoms with Crippen molar-refractivity contribution in [3.8, 4) is 33.4 Å². The first-order valence-electron chi connectivity index (χ1n) is 50.0. The van der Waals surface area contributed by atoms with Gasteiger partial charge in [0.1, 0.15) is 59.9 Å². The Morgan fingerprint density at radius 1 is 0.348 bits per heavy atom. The molecule has 30 heteroatoms. The summed E-state index contributed by atoms with van der Waals surface area (Å²) < 4.78 is 9.73. The van der Waals surface area contributed by atoms with E-state index in [9.17, 15) is 67.1 Å². The molecule has 6 aliphatic heterocycles.